The van der Waals surface area contributed by atoms with Gasteiger partial charge in [-0.15, -0.1) is 11.3 Å². The van der Waals surface area contributed by atoms with Crippen LogP contribution in [0.15, 0.2) is 30.5 Å². The number of piperidine rings is 1. The average molecular weight is 484 g/mol. The average Bonchev–Trinajstić information content (AvgIpc) is 3.42. The van der Waals surface area contributed by atoms with Crippen molar-refractivity contribution in [2.24, 2.45) is 0 Å². The number of thiophene rings is 1. The number of nitrogens with zero attached hydrogens (tertiary/aromatic N) is 2. The number of likely N-dealkylation sites (tertiary alicyclic amines) is 1. The molecule has 1 N–H and O–H groups in total. The number of halogens is 1. The van der Waals surface area contributed by atoms with Crippen LogP contribution in [0.3, 0.4) is 0 Å². The second-order valence-corrected chi connectivity index (χ2v) is 10.2. The van der Waals surface area contributed by atoms with Gasteiger partial charge in [0.2, 0.25) is 5.91 Å². The van der Waals surface area contributed by atoms with Crippen LogP contribution in [-0.2, 0) is 22.4 Å². The minimum absolute atomic E-state index is 0.0322. The van der Waals surface area contributed by atoms with Gasteiger partial charge in [0.1, 0.15) is 5.75 Å². The second kappa shape index (κ2) is 9.31. The van der Waals surface area contributed by atoms with Crippen molar-refractivity contribution in [3.8, 4) is 16.9 Å². The number of hydrogen-bond donors (Lipinski definition) is 1. The first-order valence-electron chi connectivity index (χ1n) is 11.4. The molecule has 4 heterocycles. The largest absolute Gasteiger partial charge is 0.479 e. The number of hydrogen-bond acceptors (Lipinski definition) is 5. The smallest absolute Gasteiger partial charge is 0.263 e. The van der Waals surface area contributed by atoms with Gasteiger partial charge in [-0.1, -0.05) is 11.6 Å². The van der Waals surface area contributed by atoms with Gasteiger partial charge in [-0.3, -0.25) is 14.6 Å². The maximum absolute atomic E-state index is 13.1. The van der Waals surface area contributed by atoms with Gasteiger partial charge in [-0.25, -0.2) is 0 Å². The van der Waals surface area contributed by atoms with Gasteiger partial charge in [0.05, 0.1) is 10.2 Å². The first-order valence-corrected chi connectivity index (χ1v) is 12.6. The van der Waals surface area contributed by atoms with E-state index >= 15 is 0 Å². The number of fused-ring (bicyclic) bond motifs is 2. The standard InChI is InChI=1S/C25H26ClN3O3S/c1-15(30)27-7-5-18-14-21-24(33-18)19(6-8-28-21)20-13-17(26)11-16-12-22(32-23(16)20)25(31)29-9-3-2-4-10-29/h6,8,11,13-14,22H,2-5,7,9-10,12H2,1H3,(H,27,30). The summed E-state index contributed by atoms with van der Waals surface area (Å²) in [5, 5.41) is 3.47. The van der Waals surface area contributed by atoms with E-state index in [9.17, 15) is 9.59 Å². The Morgan fingerprint density at radius 2 is 2.03 bits per heavy atom. The zero-order chi connectivity index (χ0) is 22.9. The van der Waals surface area contributed by atoms with Gasteiger partial charge in [0.15, 0.2) is 6.10 Å². The molecule has 1 aromatic carbocycles. The summed E-state index contributed by atoms with van der Waals surface area (Å²) in [4.78, 5) is 31.9. The molecule has 0 saturated carbocycles. The predicted molar refractivity (Wildman–Crippen MR) is 131 cm³/mol. The summed E-state index contributed by atoms with van der Waals surface area (Å²) in [6.07, 6.45) is 5.88. The summed E-state index contributed by atoms with van der Waals surface area (Å²) in [7, 11) is 0. The van der Waals surface area contributed by atoms with Gasteiger partial charge in [-0.05, 0) is 49.9 Å². The highest BCUT2D eigenvalue weighted by Crippen LogP contribution is 2.44. The van der Waals surface area contributed by atoms with Gasteiger partial charge in [0.25, 0.3) is 5.91 Å². The third kappa shape index (κ3) is 4.57. The molecule has 0 radical (unpaired) electrons. The Balaban J connectivity index is 1.46. The van der Waals surface area contributed by atoms with Gasteiger partial charge < -0.3 is 15.0 Å². The Labute approximate surface area is 201 Å². The number of amides is 2. The first-order chi connectivity index (χ1) is 16.0. The van der Waals surface area contributed by atoms with Crippen molar-refractivity contribution in [1.29, 1.82) is 0 Å². The molecule has 2 aliphatic heterocycles. The van der Waals surface area contributed by atoms with Crippen LogP contribution in [0, 0.1) is 0 Å². The van der Waals surface area contributed by atoms with Crippen molar-refractivity contribution in [3.05, 3.63) is 45.9 Å². The molecule has 8 heteroatoms. The Morgan fingerprint density at radius 3 is 2.82 bits per heavy atom. The van der Waals surface area contributed by atoms with Crippen LogP contribution in [0.1, 0.15) is 36.6 Å². The molecule has 1 atom stereocenters. The molecular formula is C25H26ClN3O3S. The van der Waals surface area contributed by atoms with Crippen LogP contribution in [-0.4, -0.2) is 47.4 Å². The minimum atomic E-state index is -0.496. The topological polar surface area (TPSA) is 71.5 Å². The molecule has 3 aromatic rings. The molecule has 172 valence electrons. The van der Waals surface area contributed by atoms with Crippen molar-refractivity contribution >= 4 is 45.0 Å². The maximum atomic E-state index is 13.1. The molecular weight excluding hydrogens is 458 g/mol. The van der Waals surface area contributed by atoms with E-state index in [-0.39, 0.29) is 11.8 Å². The fourth-order valence-corrected chi connectivity index (χ4v) is 6.05. The highest BCUT2D eigenvalue weighted by Gasteiger charge is 2.35. The van der Waals surface area contributed by atoms with Crippen molar-refractivity contribution in [1.82, 2.24) is 15.2 Å². The van der Waals surface area contributed by atoms with Gasteiger partial charge >= 0.3 is 0 Å². The fourth-order valence-electron chi connectivity index (χ4n) is 4.66. The summed E-state index contributed by atoms with van der Waals surface area (Å²) >= 11 is 8.17. The third-order valence-corrected chi connectivity index (χ3v) is 7.67. The number of benzene rings is 1. The molecule has 0 aliphatic carbocycles. The SMILES string of the molecule is CC(=O)NCCc1cc2nccc(-c3cc(Cl)cc4c3OC(C(=O)N3CCCCC3)C4)c2s1. The normalized spacial score (nSPS) is 17.6. The van der Waals surface area contributed by atoms with E-state index in [1.54, 1.807) is 17.5 Å². The molecule has 1 fully saturated rings. The van der Waals surface area contributed by atoms with Gasteiger partial charge in [0, 0.05) is 65.8 Å². The number of nitrogens with one attached hydrogen (secondary N) is 1. The number of ether oxygens (including phenoxy) is 1. The number of rotatable bonds is 5. The van der Waals surface area contributed by atoms with Gasteiger partial charge in [-0.2, -0.15) is 0 Å². The predicted octanol–water partition coefficient (Wildman–Crippen LogP) is 4.61. The maximum Gasteiger partial charge on any atom is 0.263 e. The minimum Gasteiger partial charge on any atom is -0.479 e. The Bertz CT molecular complexity index is 1220. The lowest BCUT2D eigenvalue weighted by molar-refractivity contribution is -0.138. The van der Waals surface area contributed by atoms with Crippen LogP contribution in [0.5, 0.6) is 5.75 Å². The number of carbonyl (C=O) groups excluding carboxylic acids is 2. The van der Waals surface area contributed by atoms with Crippen molar-refractivity contribution < 1.29 is 14.3 Å². The number of pyridine rings is 1. The van der Waals surface area contributed by atoms with Crippen molar-refractivity contribution in [3.63, 3.8) is 0 Å². The highest BCUT2D eigenvalue weighted by molar-refractivity contribution is 7.19. The molecule has 0 spiro atoms. The van der Waals surface area contributed by atoms with E-state index in [0.29, 0.717) is 18.0 Å². The Morgan fingerprint density at radius 1 is 1.21 bits per heavy atom. The quantitative estimate of drug-likeness (QED) is 0.575. The summed E-state index contributed by atoms with van der Waals surface area (Å²) in [6, 6.07) is 7.88. The molecule has 0 bridgehead atoms. The van der Waals surface area contributed by atoms with E-state index in [4.69, 9.17) is 16.3 Å². The lowest BCUT2D eigenvalue weighted by Gasteiger charge is -2.28. The Kier molecular flexibility index (Phi) is 6.25. The summed E-state index contributed by atoms with van der Waals surface area (Å²) in [6.45, 7) is 3.73. The van der Waals surface area contributed by atoms with E-state index < -0.39 is 6.10 Å². The fraction of sp³-hybridized carbons (Fsp3) is 0.400. The van der Waals surface area contributed by atoms with Crippen LogP contribution < -0.4 is 10.1 Å². The second-order valence-electron chi connectivity index (χ2n) is 8.66. The molecule has 1 unspecified atom stereocenters. The summed E-state index contributed by atoms with van der Waals surface area (Å²) in [5.74, 6) is 0.787. The number of carbonyl (C=O) groups is 2. The molecule has 2 amide bonds. The molecule has 1 saturated heterocycles. The summed E-state index contributed by atoms with van der Waals surface area (Å²) < 4.78 is 7.35. The van der Waals surface area contributed by atoms with Crippen LogP contribution in [0.2, 0.25) is 5.02 Å². The van der Waals surface area contributed by atoms with Crippen LogP contribution in [0.25, 0.3) is 21.3 Å². The number of aromatic nitrogens is 1. The molecule has 2 aromatic heterocycles. The highest BCUT2D eigenvalue weighted by atomic mass is 35.5. The van der Waals surface area contributed by atoms with Crippen molar-refractivity contribution in [2.45, 2.75) is 45.1 Å². The first kappa shape index (κ1) is 22.2. The molecule has 5 rings (SSSR count). The van der Waals surface area contributed by atoms with E-state index in [1.165, 1.54) is 13.3 Å². The van der Waals surface area contributed by atoms with E-state index in [2.05, 4.69) is 16.4 Å². The lowest BCUT2D eigenvalue weighted by Crippen LogP contribution is -2.43. The Hall–Kier alpha value is -2.64. The van der Waals surface area contributed by atoms with E-state index in [1.807, 2.05) is 23.1 Å². The van der Waals surface area contributed by atoms with Crippen LogP contribution >= 0.6 is 22.9 Å². The van der Waals surface area contributed by atoms with Crippen molar-refractivity contribution in [2.75, 3.05) is 19.6 Å². The monoisotopic (exact) mass is 483 g/mol. The third-order valence-electron chi connectivity index (χ3n) is 6.24. The molecule has 2 aliphatic rings. The van der Waals surface area contributed by atoms with Crippen LogP contribution in [0.4, 0.5) is 0 Å². The lowest BCUT2D eigenvalue weighted by atomic mass is 10.0. The zero-order valence-corrected chi connectivity index (χ0v) is 20.1. The molecule has 33 heavy (non-hydrogen) atoms. The zero-order valence-electron chi connectivity index (χ0n) is 18.5. The molecule has 6 nitrogen and oxygen atoms in total. The summed E-state index contributed by atoms with van der Waals surface area (Å²) in [5.41, 5.74) is 3.78. The van der Waals surface area contributed by atoms with E-state index in [0.717, 1.165) is 69.9 Å².